The Bertz CT molecular complexity index is 1240. The second-order valence-corrected chi connectivity index (χ2v) is 7.70. The number of aromatic nitrogens is 2. The molecule has 189 valence electrons. The van der Waals surface area contributed by atoms with Gasteiger partial charge in [-0.25, -0.2) is 0 Å². The Balaban J connectivity index is 0.000000253. The van der Waals surface area contributed by atoms with Crippen LogP contribution >= 0.6 is 23.2 Å². The van der Waals surface area contributed by atoms with Gasteiger partial charge in [0.25, 0.3) is 0 Å². The second-order valence-electron chi connectivity index (χ2n) is 6.82. The predicted molar refractivity (Wildman–Crippen MR) is 140 cm³/mol. The van der Waals surface area contributed by atoms with Crippen molar-refractivity contribution in [3.8, 4) is 0 Å². The molecule has 0 bridgehead atoms. The van der Waals surface area contributed by atoms with E-state index in [1.165, 1.54) is 12.4 Å². The van der Waals surface area contributed by atoms with Crippen LogP contribution < -0.4 is 10.2 Å². The predicted octanol–water partition coefficient (Wildman–Crippen LogP) is 3.75. The van der Waals surface area contributed by atoms with Gasteiger partial charge in [-0.3, -0.25) is 9.97 Å². The van der Waals surface area contributed by atoms with Crippen molar-refractivity contribution in [1.29, 1.82) is 0 Å². The Hall–Kier alpha value is -3.88. The smallest absolute Gasteiger partial charge is 0.857 e. The Morgan fingerprint density at radius 1 is 0.595 bits per heavy atom. The molecule has 4 rings (SSSR count). The molecule has 4 aromatic rings. The molecule has 0 unspecified atom stereocenters. The summed E-state index contributed by atoms with van der Waals surface area (Å²) in [6.45, 7) is 0. The molecule has 8 nitrogen and oxygen atoms in total. The number of hydrogen-bond donors (Lipinski definition) is 0. The number of nitrogens with zero attached hydrogens (tertiary/aromatic N) is 6. The van der Waals surface area contributed by atoms with Gasteiger partial charge in [0.2, 0.25) is 0 Å². The average molecular weight is 581 g/mol. The first kappa shape index (κ1) is 29.4. The summed E-state index contributed by atoms with van der Waals surface area (Å²) in [4.78, 5) is 8.04. The Morgan fingerprint density at radius 3 is 1.30 bits per heavy atom. The second kappa shape index (κ2) is 16.0. The van der Waals surface area contributed by atoms with E-state index >= 15 is 0 Å². The molecule has 0 saturated heterocycles. The fourth-order valence-electron chi connectivity index (χ4n) is 2.49. The monoisotopic (exact) mass is 579 g/mol. The van der Waals surface area contributed by atoms with Gasteiger partial charge in [-0.1, -0.05) is 59.6 Å². The largest absolute Gasteiger partial charge is 2.00 e. The van der Waals surface area contributed by atoms with E-state index in [9.17, 15) is 10.2 Å². The Labute approximate surface area is 234 Å². The molecular formula is C26H18Cl2CuN6O2. The summed E-state index contributed by atoms with van der Waals surface area (Å²) in [6.07, 6.45) is 6.13. The number of pyridine rings is 2. The van der Waals surface area contributed by atoms with Crippen molar-refractivity contribution in [2.45, 2.75) is 0 Å². The van der Waals surface area contributed by atoms with E-state index in [1.807, 2.05) is 12.1 Å². The van der Waals surface area contributed by atoms with Crippen molar-refractivity contribution < 1.29 is 27.3 Å². The topological polar surface area (TPSA) is 121 Å². The van der Waals surface area contributed by atoms with E-state index in [4.69, 9.17) is 23.2 Å². The third-order valence-electron chi connectivity index (χ3n) is 4.24. The van der Waals surface area contributed by atoms with Gasteiger partial charge < -0.3 is 10.2 Å². The normalized spacial score (nSPS) is 11.6. The minimum absolute atomic E-state index is 0. The number of rotatable bonds is 6. The van der Waals surface area contributed by atoms with Crippen molar-refractivity contribution >= 4 is 47.4 Å². The van der Waals surface area contributed by atoms with Gasteiger partial charge in [0.15, 0.2) is 0 Å². The minimum atomic E-state index is -0.418. The summed E-state index contributed by atoms with van der Waals surface area (Å²) < 4.78 is 0. The molecule has 11 heteroatoms. The van der Waals surface area contributed by atoms with Crippen molar-refractivity contribution in [2.75, 3.05) is 0 Å². The number of hydrogen-bond acceptors (Lipinski definition) is 8. The Morgan fingerprint density at radius 2 is 0.973 bits per heavy atom. The zero-order valence-electron chi connectivity index (χ0n) is 18.9. The number of benzene rings is 2. The van der Waals surface area contributed by atoms with Crippen molar-refractivity contribution in [3.05, 3.63) is 130 Å². The van der Waals surface area contributed by atoms with Crippen LogP contribution in [0.2, 0.25) is 10.0 Å². The van der Waals surface area contributed by atoms with E-state index in [-0.39, 0.29) is 17.1 Å². The van der Waals surface area contributed by atoms with Gasteiger partial charge >= 0.3 is 17.1 Å². The van der Waals surface area contributed by atoms with Crippen molar-refractivity contribution in [3.63, 3.8) is 0 Å². The molecule has 0 atom stereocenters. The first-order valence-electron chi connectivity index (χ1n) is 10.4. The van der Waals surface area contributed by atoms with Gasteiger partial charge in [0.1, 0.15) is 0 Å². The maximum atomic E-state index is 11.6. The van der Waals surface area contributed by atoms with Gasteiger partial charge in [-0.15, -0.1) is 0 Å². The van der Waals surface area contributed by atoms with Gasteiger partial charge in [0, 0.05) is 34.2 Å². The van der Waals surface area contributed by atoms with Crippen LogP contribution in [-0.4, -0.2) is 34.2 Å². The molecule has 1 radical (unpaired) electrons. The molecule has 2 heterocycles. The molecule has 0 saturated carbocycles. The molecule has 0 amide bonds. The van der Waals surface area contributed by atoms with E-state index in [0.717, 1.165) is 0 Å². The molecular weight excluding hydrogens is 563 g/mol. The third-order valence-corrected chi connectivity index (χ3v) is 4.74. The minimum Gasteiger partial charge on any atom is -0.857 e. The first-order chi connectivity index (χ1) is 17.5. The standard InChI is InChI=1S/2C13H10ClN3O.Cu/c2*14-11-6-4-10(5-7-11)13(18)17-16-9-12-3-1-2-8-15-12;/h2*1-9H,(H,17,18);/q;;+2/p-2/b2*16-9+;. The van der Waals surface area contributed by atoms with Crippen LogP contribution in [-0.2, 0) is 17.1 Å². The van der Waals surface area contributed by atoms with E-state index in [1.54, 1.807) is 85.2 Å². The molecule has 0 spiro atoms. The zero-order valence-corrected chi connectivity index (χ0v) is 21.4. The van der Waals surface area contributed by atoms with Crippen molar-refractivity contribution in [1.82, 2.24) is 9.97 Å². The SMILES string of the molecule is [Cu+2].[O-]/C(=N\N=C\c1ccccn1)c1ccc(Cl)cc1.[O-]/C(=N\N=C\c1ccccn1)c1ccc(Cl)cc1. The first-order valence-corrected chi connectivity index (χ1v) is 11.2. The van der Waals surface area contributed by atoms with Gasteiger partial charge in [-0.05, 0) is 59.7 Å². The number of halogens is 2. The quantitative estimate of drug-likeness (QED) is 0.149. The fraction of sp³-hybridized carbons (Fsp3) is 0. The third kappa shape index (κ3) is 10.7. The van der Waals surface area contributed by atoms with Crippen LogP contribution in [0.1, 0.15) is 22.5 Å². The fourth-order valence-corrected chi connectivity index (χ4v) is 2.74. The van der Waals surface area contributed by atoms with Crippen LogP contribution in [0.3, 0.4) is 0 Å². The summed E-state index contributed by atoms with van der Waals surface area (Å²) in [6, 6.07) is 23.7. The molecule has 0 aliphatic carbocycles. The van der Waals surface area contributed by atoms with Crippen LogP contribution in [0.5, 0.6) is 0 Å². The summed E-state index contributed by atoms with van der Waals surface area (Å²) in [7, 11) is 0. The van der Waals surface area contributed by atoms with E-state index in [2.05, 4.69) is 30.4 Å². The summed E-state index contributed by atoms with van der Waals surface area (Å²) in [5.74, 6) is -0.835. The summed E-state index contributed by atoms with van der Waals surface area (Å²) in [5.41, 5.74) is 2.17. The maximum Gasteiger partial charge on any atom is 2.00 e. The van der Waals surface area contributed by atoms with Crippen LogP contribution in [0.25, 0.3) is 0 Å². The zero-order chi connectivity index (χ0) is 25.6. The molecule has 0 aliphatic heterocycles. The molecule has 0 fully saturated rings. The molecule has 0 aliphatic rings. The Kier molecular flexibility index (Phi) is 12.7. The average Bonchev–Trinajstić information content (AvgIpc) is 2.91. The van der Waals surface area contributed by atoms with Gasteiger partial charge in [0.05, 0.1) is 23.8 Å². The van der Waals surface area contributed by atoms with Gasteiger partial charge in [-0.2, -0.15) is 20.4 Å². The van der Waals surface area contributed by atoms with Crippen LogP contribution in [0, 0.1) is 0 Å². The molecule has 2 aromatic carbocycles. The van der Waals surface area contributed by atoms with Crippen LogP contribution in [0.4, 0.5) is 0 Å². The summed E-state index contributed by atoms with van der Waals surface area (Å²) >= 11 is 11.4. The molecule has 2 aromatic heterocycles. The van der Waals surface area contributed by atoms with Crippen LogP contribution in [0.15, 0.2) is 118 Å². The molecule has 37 heavy (non-hydrogen) atoms. The van der Waals surface area contributed by atoms with Crippen molar-refractivity contribution in [2.24, 2.45) is 20.4 Å². The van der Waals surface area contributed by atoms with E-state index in [0.29, 0.717) is 32.6 Å². The van der Waals surface area contributed by atoms with E-state index < -0.39 is 11.8 Å². The summed E-state index contributed by atoms with van der Waals surface area (Å²) in [5, 5.41) is 38.9. The maximum absolute atomic E-state index is 11.6. The molecule has 0 N–H and O–H groups in total.